The van der Waals surface area contributed by atoms with Crippen LogP contribution >= 0.6 is 0 Å². The number of ether oxygens (including phenoxy) is 2. The largest absolute Gasteiger partial charge is 0.469 e. The number of nitrogens with zero attached hydrogens (tertiary/aromatic N) is 1. The van der Waals surface area contributed by atoms with Gasteiger partial charge in [-0.2, -0.15) is 0 Å². The molecule has 2 N–H and O–H groups in total. The van der Waals surface area contributed by atoms with Crippen molar-refractivity contribution in [2.24, 2.45) is 5.73 Å². The molecule has 0 radical (unpaired) electrons. The number of pyridine rings is 1. The van der Waals surface area contributed by atoms with Crippen LogP contribution in [0.5, 0.6) is 5.88 Å². The molecule has 4 nitrogen and oxygen atoms in total. The third kappa shape index (κ3) is 2.96. The summed E-state index contributed by atoms with van der Waals surface area (Å²) in [6.45, 7) is 8.20. The second-order valence-electron chi connectivity index (χ2n) is 5.43. The molecule has 0 amide bonds. The van der Waals surface area contributed by atoms with Crippen molar-refractivity contribution in [2.75, 3.05) is 13.2 Å². The molecule has 2 heterocycles. The zero-order chi connectivity index (χ0) is 12.5. The molecule has 1 aromatic rings. The summed E-state index contributed by atoms with van der Waals surface area (Å²) in [6.07, 6.45) is 0.142. The molecule has 1 aliphatic rings. The Balaban J connectivity index is 2.24. The lowest BCUT2D eigenvalue weighted by Crippen LogP contribution is -2.38. The van der Waals surface area contributed by atoms with Gasteiger partial charge in [0.05, 0.1) is 18.9 Å². The number of hydrogen-bond donors (Lipinski definition) is 1. The summed E-state index contributed by atoms with van der Waals surface area (Å²) in [5, 5.41) is 0. The fourth-order valence-electron chi connectivity index (χ4n) is 1.57. The van der Waals surface area contributed by atoms with E-state index in [0.717, 1.165) is 11.3 Å². The molecule has 1 aromatic heterocycles. The Kier molecular flexibility index (Phi) is 3.35. The van der Waals surface area contributed by atoms with E-state index in [-0.39, 0.29) is 11.5 Å². The normalized spacial score (nSPS) is 16.7. The molecule has 1 fully saturated rings. The van der Waals surface area contributed by atoms with Crippen LogP contribution in [0.2, 0.25) is 0 Å². The van der Waals surface area contributed by atoms with Crippen LogP contribution in [0, 0.1) is 0 Å². The van der Waals surface area contributed by atoms with Crippen molar-refractivity contribution in [1.29, 1.82) is 0 Å². The highest BCUT2D eigenvalue weighted by molar-refractivity contribution is 5.28. The van der Waals surface area contributed by atoms with Crippen LogP contribution in [-0.4, -0.2) is 24.3 Å². The highest BCUT2D eigenvalue weighted by atomic mass is 16.6. The van der Waals surface area contributed by atoms with Gasteiger partial charge in [0.1, 0.15) is 6.10 Å². The highest BCUT2D eigenvalue weighted by Gasteiger charge is 2.22. The SMILES string of the molecule is CC(C)(C)c1cc(CN)cc(OC2COC2)n1. The molecule has 2 rings (SSSR count). The molecule has 0 atom stereocenters. The average Bonchev–Trinajstić information content (AvgIpc) is 2.22. The molecule has 0 spiro atoms. The molecule has 94 valence electrons. The first-order valence-electron chi connectivity index (χ1n) is 5.95. The third-order valence-corrected chi connectivity index (χ3v) is 2.76. The van der Waals surface area contributed by atoms with Crippen molar-refractivity contribution in [1.82, 2.24) is 4.98 Å². The molecule has 1 saturated heterocycles. The first kappa shape index (κ1) is 12.3. The molecule has 4 heteroatoms. The minimum atomic E-state index is -0.000592. The van der Waals surface area contributed by atoms with Crippen molar-refractivity contribution in [3.63, 3.8) is 0 Å². The number of rotatable bonds is 3. The van der Waals surface area contributed by atoms with Crippen LogP contribution in [0.3, 0.4) is 0 Å². The molecule has 1 aliphatic heterocycles. The van der Waals surface area contributed by atoms with Crippen molar-refractivity contribution in [3.8, 4) is 5.88 Å². The van der Waals surface area contributed by atoms with E-state index >= 15 is 0 Å². The Morgan fingerprint density at radius 2 is 2.12 bits per heavy atom. The third-order valence-electron chi connectivity index (χ3n) is 2.76. The Hall–Kier alpha value is -1.13. The predicted octanol–water partition coefficient (Wildman–Crippen LogP) is 1.62. The topological polar surface area (TPSA) is 57.4 Å². The van der Waals surface area contributed by atoms with Crippen LogP contribution in [0.4, 0.5) is 0 Å². The molecular weight excluding hydrogens is 216 g/mol. The standard InChI is InChI=1S/C13H20N2O2/c1-13(2,3)11-4-9(6-14)5-12(15-11)17-10-7-16-8-10/h4-5,10H,6-8,14H2,1-3H3. The number of hydrogen-bond acceptors (Lipinski definition) is 4. The van der Waals surface area contributed by atoms with E-state index in [1.807, 2.05) is 12.1 Å². The maximum atomic E-state index is 5.74. The molecular formula is C13H20N2O2. The van der Waals surface area contributed by atoms with Gasteiger partial charge >= 0.3 is 0 Å². The second kappa shape index (κ2) is 4.63. The van der Waals surface area contributed by atoms with Crippen LogP contribution < -0.4 is 10.5 Å². The van der Waals surface area contributed by atoms with Gasteiger partial charge in [0.25, 0.3) is 0 Å². The summed E-state index contributed by atoms with van der Waals surface area (Å²) in [5.41, 5.74) is 7.77. The van der Waals surface area contributed by atoms with E-state index in [1.54, 1.807) is 0 Å². The smallest absolute Gasteiger partial charge is 0.214 e. The van der Waals surface area contributed by atoms with E-state index in [1.165, 1.54) is 0 Å². The molecule has 0 aromatic carbocycles. The highest BCUT2D eigenvalue weighted by Crippen LogP contribution is 2.25. The summed E-state index contributed by atoms with van der Waals surface area (Å²) in [6, 6.07) is 3.96. The van der Waals surface area contributed by atoms with Crippen LogP contribution in [0.1, 0.15) is 32.0 Å². The summed E-state index contributed by atoms with van der Waals surface area (Å²) in [4.78, 5) is 4.54. The number of nitrogens with two attached hydrogens (primary N) is 1. The maximum absolute atomic E-state index is 5.74. The van der Waals surface area contributed by atoms with Gasteiger partial charge in [0.2, 0.25) is 5.88 Å². The Morgan fingerprint density at radius 3 is 2.59 bits per heavy atom. The van der Waals surface area contributed by atoms with Gasteiger partial charge in [-0.3, -0.25) is 0 Å². The summed E-state index contributed by atoms with van der Waals surface area (Å²) in [5.74, 6) is 0.658. The molecule has 0 bridgehead atoms. The quantitative estimate of drug-likeness (QED) is 0.866. The monoisotopic (exact) mass is 236 g/mol. The van der Waals surface area contributed by atoms with E-state index < -0.39 is 0 Å². The summed E-state index contributed by atoms with van der Waals surface area (Å²) in [7, 11) is 0. The van der Waals surface area contributed by atoms with Crippen molar-refractivity contribution in [2.45, 2.75) is 38.8 Å². The first-order valence-corrected chi connectivity index (χ1v) is 5.95. The van der Waals surface area contributed by atoms with Crippen molar-refractivity contribution >= 4 is 0 Å². The van der Waals surface area contributed by atoms with Crippen molar-refractivity contribution < 1.29 is 9.47 Å². The Morgan fingerprint density at radius 1 is 1.41 bits per heavy atom. The average molecular weight is 236 g/mol. The van der Waals surface area contributed by atoms with E-state index in [0.29, 0.717) is 25.6 Å². The first-order chi connectivity index (χ1) is 7.99. The fourth-order valence-corrected chi connectivity index (χ4v) is 1.57. The lowest BCUT2D eigenvalue weighted by atomic mass is 9.91. The Labute approximate surface area is 102 Å². The van der Waals surface area contributed by atoms with Gasteiger partial charge in [-0.1, -0.05) is 20.8 Å². The molecule has 0 aliphatic carbocycles. The second-order valence-corrected chi connectivity index (χ2v) is 5.43. The molecule has 0 unspecified atom stereocenters. The van der Waals surface area contributed by atoms with Crippen LogP contribution in [0.15, 0.2) is 12.1 Å². The summed E-state index contributed by atoms with van der Waals surface area (Å²) >= 11 is 0. The van der Waals surface area contributed by atoms with Gasteiger partial charge in [-0.25, -0.2) is 4.98 Å². The van der Waals surface area contributed by atoms with Crippen molar-refractivity contribution in [3.05, 3.63) is 23.4 Å². The van der Waals surface area contributed by atoms with Gasteiger partial charge in [-0.15, -0.1) is 0 Å². The van der Waals surface area contributed by atoms with Gasteiger partial charge in [-0.05, 0) is 11.6 Å². The minimum Gasteiger partial charge on any atom is -0.469 e. The zero-order valence-corrected chi connectivity index (χ0v) is 10.7. The van der Waals surface area contributed by atoms with Crippen LogP contribution in [-0.2, 0) is 16.7 Å². The van der Waals surface area contributed by atoms with E-state index in [4.69, 9.17) is 15.2 Å². The Bertz CT molecular complexity index is 395. The fraction of sp³-hybridized carbons (Fsp3) is 0.615. The lowest BCUT2D eigenvalue weighted by molar-refractivity contribution is -0.0814. The van der Waals surface area contributed by atoms with Gasteiger partial charge in [0, 0.05) is 18.0 Å². The van der Waals surface area contributed by atoms with Gasteiger partial charge in [0.15, 0.2) is 0 Å². The van der Waals surface area contributed by atoms with Gasteiger partial charge < -0.3 is 15.2 Å². The minimum absolute atomic E-state index is 0.000592. The molecule has 0 saturated carbocycles. The van der Waals surface area contributed by atoms with Crippen LogP contribution in [0.25, 0.3) is 0 Å². The molecule has 17 heavy (non-hydrogen) atoms. The van der Waals surface area contributed by atoms with E-state index in [2.05, 4.69) is 25.8 Å². The maximum Gasteiger partial charge on any atom is 0.214 e. The summed E-state index contributed by atoms with van der Waals surface area (Å²) < 4.78 is 10.8. The lowest BCUT2D eigenvalue weighted by Gasteiger charge is -2.27. The number of aromatic nitrogens is 1. The van der Waals surface area contributed by atoms with E-state index in [9.17, 15) is 0 Å². The zero-order valence-electron chi connectivity index (χ0n) is 10.7. The predicted molar refractivity (Wildman–Crippen MR) is 66.1 cm³/mol.